The van der Waals surface area contributed by atoms with E-state index in [0.717, 1.165) is 16.5 Å². The Morgan fingerprint density at radius 2 is 1.92 bits per heavy atom. The number of fused-ring (bicyclic) bond motifs is 1. The molecule has 3 rings (SSSR count). The maximum atomic E-state index is 12.6. The highest BCUT2D eigenvalue weighted by molar-refractivity contribution is 5.88. The Balaban J connectivity index is 1.66. The van der Waals surface area contributed by atoms with Crippen LogP contribution in [0.4, 0.5) is 0 Å². The molecule has 0 spiro atoms. The van der Waals surface area contributed by atoms with Crippen molar-refractivity contribution in [3.8, 4) is 0 Å². The standard InChI is InChI=1S/C19H24N4O3/c1-13(24)23-10-9-22(12-17(23)19(20)26)18(25)8-7-14-11-21(2)16-6-4-3-5-15(14)16/h3-6,11,17H,7-10,12H2,1-2H3,(H2,20,26). The monoisotopic (exact) mass is 356 g/mol. The van der Waals surface area contributed by atoms with Crippen LogP contribution in [0.5, 0.6) is 0 Å². The lowest BCUT2D eigenvalue weighted by molar-refractivity contribution is -0.146. The van der Waals surface area contributed by atoms with Gasteiger partial charge in [0.15, 0.2) is 0 Å². The predicted molar refractivity (Wildman–Crippen MR) is 98.2 cm³/mol. The van der Waals surface area contributed by atoms with Gasteiger partial charge in [0, 0.05) is 50.6 Å². The Bertz CT molecular complexity index is 858. The Morgan fingerprint density at radius 3 is 2.62 bits per heavy atom. The molecule has 1 aliphatic rings. The topological polar surface area (TPSA) is 88.6 Å². The smallest absolute Gasteiger partial charge is 0.242 e. The number of nitrogens with zero attached hydrogens (tertiary/aromatic N) is 3. The first-order valence-electron chi connectivity index (χ1n) is 8.75. The van der Waals surface area contributed by atoms with E-state index in [2.05, 4.69) is 22.9 Å². The van der Waals surface area contributed by atoms with Crippen LogP contribution < -0.4 is 5.73 Å². The molecule has 3 amide bonds. The minimum atomic E-state index is -0.747. The van der Waals surface area contributed by atoms with Crippen molar-refractivity contribution in [1.82, 2.24) is 14.4 Å². The molecule has 1 fully saturated rings. The molecule has 138 valence electrons. The van der Waals surface area contributed by atoms with Crippen molar-refractivity contribution in [2.24, 2.45) is 12.8 Å². The van der Waals surface area contributed by atoms with E-state index in [1.165, 1.54) is 11.8 Å². The maximum Gasteiger partial charge on any atom is 0.242 e. The van der Waals surface area contributed by atoms with Crippen LogP contribution in [0.25, 0.3) is 10.9 Å². The molecule has 0 radical (unpaired) electrons. The molecule has 7 heteroatoms. The molecule has 1 unspecified atom stereocenters. The molecule has 2 aromatic rings. The average Bonchev–Trinajstić information content (AvgIpc) is 2.95. The number of primary amides is 1. The number of benzene rings is 1. The SMILES string of the molecule is CC(=O)N1CCN(C(=O)CCc2cn(C)c3ccccc23)CC1C(N)=O. The van der Waals surface area contributed by atoms with Gasteiger partial charge in [0.05, 0.1) is 6.54 Å². The van der Waals surface area contributed by atoms with E-state index in [1.807, 2.05) is 19.2 Å². The summed E-state index contributed by atoms with van der Waals surface area (Å²) in [6.45, 7) is 2.35. The van der Waals surface area contributed by atoms with Crippen molar-refractivity contribution >= 4 is 28.6 Å². The summed E-state index contributed by atoms with van der Waals surface area (Å²) in [5.41, 5.74) is 7.68. The third-order valence-corrected chi connectivity index (χ3v) is 5.05. The molecule has 1 aromatic heterocycles. The first-order chi connectivity index (χ1) is 12.4. The van der Waals surface area contributed by atoms with E-state index in [4.69, 9.17) is 5.73 Å². The van der Waals surface area contributed by atoms with E-state index in [0.29, 0.717) is 25.9 Å². The number of carbonyl (C=O) groups is 3. The van der Waals surface area contributed by atoms with Crippen molar-refractivity contribution in [2.75, 3.05) is 19.6 Å². The molecule has 2 N–H and O–H groups in total. The summed E-state index contributed by atoms with van der Waals surface area (Å²) in [5.74, 6) is -0.796. The van der Waals surface area contributed by atoms with Crippen LogP contribution >= 0.6 is 0 Å². The summed E-state index contributed by atoms with van der Waals surface area (Å²) in [4.78, 5) is 39.0. The van der Waals surface area contributed by atoms with E-state index >= 15 is 0 Å². The van der Waals surface area contributed by atoms with Gasteiger partial charge in [-0.05, 0) is 18.1 Å². The fourth-order valence-electron chi connectivity index (χ4n) is 3.65. The van der Waals surface area contributed by atoms with Gasteiger partial charge in [-0.1, -0.05) is 18.2 Å². The van der Waals surface area contributed by atoms with E-state index in [-0.39, 0.29) is 18.4 Å². The second-order valence-electron chi connectivity index (χ2n) is 6.75. The van der Waals surface area contributed by atoms with Gasteiger partial charge in [0.1, 0.15) is 6.04 Å². The van der Waals surface area contributed by atoms with Crippen LogP contribution in [0.1, 0.15) is 18.9 Å². The number of hydrogen-bond donors (Lipinski definition) is 1. The second kappa shape index (κ2) is 7.19. The molecule has 26 heavy (non-hydrogen) atoms. The minimum absolute atomic E-state index is 0.0209. The number of nitrogens with two attached hydrogens (primary N) is 1. The summed E-state index contributed by atoms with van der Waals surface area (Å²) in [7, 11) is 1.99. The van der Waals surface area contributed by atoms with Gasteiger partial charge in [-0.15, -0.1) is 0 Å². The van der Waals surface area contributed by atoms with Crippen LogP contribution in [0, 0.1) is 0 Å². The lowest BCUT2D eigenvalue weighted by atomic mass is 10.1. The molecule has 1 aliphatic heterocycles. The van der Waals surface area contributed by atoms with Gasteiger partial charge in [0.25, 0.3) is 0 Å². The third-order valence-electron chi connectivity index (χ3n) is 5.05. The van der Waals surface area contributed by atoms with Gasteiger partial charge in [-0.25, -0.2) is 0 Å². The number of rotatable bonds is 4. The van der Waals surface area contributed by atoms with E-state index in [1.54, 1.807) is 4.90 Å². The van der Waals surface area contributed by atoms with Crippen molar-refractivity contribution < 1.29 is 14.4 Å². The van der Waals surface area contributed by atoms with Gasteiger partial charge < -0.3 is 20.1 Å². The van der Waals surface area contributed by atoms with Gasteiger partial charge in [-0.3, -0.25) is 14.4 Å². The molecule has 1 saturated heterocycles. The van der Waals surface area contributed by atoms with Crippen molar-refractivity contribution in [2.45, 2.75) is 25.8 Å². The Labute approximate surface area is 152 Å². The highest BCUT2D eigenvalue weighted by Crippen LogP contribution is 2.22. The molecule has 0 bridgehead atoms. The largest absolute Gasteiger partial charge is 0.368 e. The second-order valence-corrected chi connectivity index (χ2v) is 6.75. The van der Waals surface area contributed by atoms with Crippen LogP contribution in [-0.4, -0.2) is 57.8 Å². The highest BCUT2D eigenvalue weighted by Gasteiger charge is 2.34. The summed E-state index contributed by atoms with van der Waals surface area (Å²) in [6, 6.07) is 7.35. The van der Waals surface area contributed by atoms with Gasteiger partial charge in [0.2, 0.25) is 17.7 Å². The summed E-state index contributed by atoms with van der Waals surface area (Å²) < 4.78 is 2.06. The van der Waals surface area contributed by atoms with Gasteiger partial charge >= 0.3 is 0 Å². The lowest BCUT2D eigenvalue weighted by Gasteiger charge is -2.39. The third kappa shape index (κ3) is 3.42. The minimum Gasteiger partial charge on any atom is -0.368 e. The van der Waals surface area contributed by atoms with Crippen molar-refractivity contribution in [3.63, 3.8) is 0 Å². The Hall–Kier alpha value is -2.83. The van der Waals surface area contributed by atoms with Crippen LogP contribution in [-0.2, 0) is 27.9 Å². The fraction of sp³-hybridized carbons (Fsp3) is 0.421. The van der Waals surface area contributed by atoms with Crippen LogP contribution in [0.15, 0.2) is 30.5 Å². The zero-order chi connectivity index (χ0) is 18.8. The average molecular weight is 356 g/mol. The summed E-state index contributed by atoms with van der Waals surface area (Å²) in [5, 5.41) is 1.15. The first kappa shape index (κ1) is 18.0. The number of amides is 3. The number of para-hydroxylation sites is 1. The van der Waals surface area contributed by atoms with E-state index in [9.17, 15) is 14.4 Å². The molecule has 1 atom stereocenters. The number of carbonyl (C=O) groups excluding carboxylic acids is 3. The first-order valence-corrected chi connectivity index (χ1v) is 8.75. The van der Waals surface area contributed by atoms with Crippen LogP contribution in [0.3, 0.4) is 0 Å². The summed E-state index contributed by atoms with van der Waals surface area (Å²) >= 11 is 0. The lowest BCUT2D eigenvalue weighted by Crippen LogP contribution is -2.60. The zero-order valence-corrected chi connectivity index (χ0v) is 15.1. The molecule has 0 saturated carbocycles. The zero-order valence-electron chi connectivity index (χ0n) is 15.1. The number of aryl methyl sites for hydroxylation is 2. The Morgan fingerprint density at radius 1 is 1.19 bits per heavy atom. The molecule has 7 nitrogen and oxygen atoms in total. The fourth-order valence-corrected chi connectivity index (χ4v) is 3.65. The molecule has 2 heterocycles. The number of hydrogen-bond acceptors (Lipinski definition) is 3. The molecule has 0 aliphatic carbocycles. The van der Waals surface area contributed by atoms with Crippen molar-refractivity contribution in [3.05, 3.63) is 36.0 Å². The van der Waals surface area contributed by atoms with Crippen molar-refractivity contribution in [1.29, 1.82) is 0 Å². The number of aromatic nitrogens is 1. The normalized spacial score (nSPS) is 17.5. The Kier molecular flexibility index (Phi) is 4.97. The van der Waals surface area contributed by atoms with E-state index < -0.39 is 11.9 Å². The predicted octanol–water partition coefficient (Wildman–Crippen LogP) is 0.655. The maximum absolute atomic E-state index is 12.6. The van der Waals surface area contributed by atoms with Crippen LogP contribution in [0.2, 0.25) is 0 Å². The summed E-state index contributed by atoms with van der Waals surface area (Å²) in [6.07, 6.45) is 3.05. The molecular weight excluding hydrogens is 332 g/mol. The molecular formula is C19H24N4O3. The number of piperazine rings is 1. The highest BCUT2D eigenvalue weighted by atomic mass is 16.2. The molecule has 1 aromatic carbocycles. The van der Waals surface area contributed by atoms with Gasteiger partial charge in [-0.2, -0.15) is 0 Å². The quantitative estimate of drug-likeness (QED) is 0.873.